The number of hydrogen-bond donors (Lipinski definition) is 1. The van der Waals surface area contributed by atoms with Gasteiger partial charge in [-0.3, -0.25) is 9.80 Å². The van der Waals surface area contributed by atoms with Crippen molar-refractivity contribution in [3.63, 3.8) is 0 Å². The number of rotatable bonds is 5. The first-order valence-corrected chi connectivity index (χ1v) is 6.96. The average Bonchev–Trinajstić information content (AvgIpc) is 2.83. The van der Waals surface area contributed by atoms with Crippen molar-refractivity contribution in [2.24, 2.45) is 5.73 Å². The first-order valence-electron chi connectivity index (χ1n) is 6.96. The molecule has 0 radical (unpaired) electrons. The standard InChI is InChI=1S/C13H27N3O/c1-3-17-11-13(2,10-14)16-8-7-15-6-4-5-12(15)9-16/h12H,3-11,14H2,1-2H3. The van der Waals surface area contributed by atoms with Crippen LogP contribution < -0.4 is 5.73 Å². The molecule has 0 aromatic heterocycles. The van der Waals surface area contributed by atoms with Gasteiger partial charge in [0, 0.05) is 38.8 Å². The van der Waals surface area contributed by atoms with Gasteiger partial charge in [0.1, 0.15) is 0 Å². The molecule has 0 aromatic carbocycles. The highest BCUT2D eigenvalue weighted by molar-refractivity contribution is 4.95. The lowest BCUT2D eigenvalue weighted by Crippen LogP contribution is -2.62. The van der Waals surface area contributed by atoms with E-state index >= 15 is 0 Å². The van der Waals surface area contributed by atoms with Gasteiger partial charge in [0.25, 0.3) is 0 Å². The van der Waals surface area contributed by atoms with Crippen molar-refractivity contribution >= 4 is 0 Å². The number of nitrogens with zero attached hydrogens (tertiary/aromatic N) is 2. The lowest BCUT2D eigenvalue weighted by atomic mass is 9.98. The monoisotopic (exact) mass is 241 g/mol. The molecular weight excluding hydrogens is 214 g/mol. The van der Waals surface area contributed by atoms with E-state index in [2.05, 4.69) is 16.7 Å². The van der Waals surface area contributed by atoms with Crippen molar-refractivity contribution in [1.82, 2.24) is 9.80 Å². The third kappa shape index (κ3) is 2.81. The minimum atomic E-state index is 0.0185. The summed E-state index contributed by atoms with van der Waals surface area (Å²) in [5, 5.41) is 0. The molecule has 2 N–H and O–H groups in total. The Morgan fingerprint density at radius 2 is 2.18 bits per heavy atom. The van der Waals surface area contributed by atoms with Crippen molar-refractivity contribution in [2.45, 2.75) is 38.3 Å². The largest absolute Gasteiger partial charge is 0.380 e. The SMILES string of the molecule is CCOCC(C)(CN)N1CCN2CCCC2C1. The first-order chi connectivity index (χ1) is 8.19. The summed E-state index contributed by atoms with van der Waals surface area (Å²) in [6.45, 7) is 11.3. The Morgan fingerprint density at radius 1 is 1.35 bits per heavy atom. The molecule has 100 valence electrons. The molecule has 2 rings (SSSR count). The lowest BCUT2D eigenvalue weighted by molar-refractivity contribution is -0.0247. The predicted molar refractivity (Wildman–Crippen MR) is 70.1 cm³/mol. The molecular formula is C13H27N3O. The van der Waals surface area contributed by atoms with Crippen LogP contribution in [0.1, 0.15) is 26.7 Å². The fraction of sp³-hybridized carbons (Fsp3) is 1.00. The fourth-order valence-corrected chi connectivity index (χ4v) is 3.08. The second-order valence-electron chi connectivity index (χ2n) is 5.62. The van der Waals surface area contributed by atoms with Crippen molar-refractivity contribution in [3.05, 3.63) is 0 Å². The van der Waals surface area contributed by atoms with Crippen LogP contribution in [0.15, 0.2) is 0 Å². The molecule has 17 heavy (non-hydrogen) atoms. The van der Waals surface area contributed by atoms with Crippen molar-refractivity contribution < 1.29 is 4.74 Å². The van der Waals surface area contributed by atoms with E-state index in [0.717, 1.165) is 25.8 Å². The summed E-state index contributed by atoms with van der Waals surface area (Å²) in [6.07, 6.45) is 2.72. The Hall–Kier alpha value is -0.160. The van der Waals surface area contributed by atoms with Crippen LogP contribution in [0.25, 0.3) is 0 Å². The maximum atomic E-state index is 5.98. The second kappa shape index (κ2) is 5.65. The Morgan fingerprint density at radius 3 is 2.88 bits per heavy atom. The molecule has 0 spiro atoms. The van der Waals surface area contributed by atoms with E-state index in [4.69, 9.17) is 10.5 Å². The summed E-state index contributed by atoms with van der Waals surface area (Å²) in [6, 6.07) is 0.760. The molecule has 2 aliphatic rings. The number of piperazine rings is 1. The molecule has 2 fully saturated rings. The molecule has 0 amide bonds. The van der Waals surface area contributed by atoms with Gasteiger partial charge in [-0.1, -0.05) is 0 Å². The van der Waals surface area contributed by atoms with Crippen LogP contribution in [0, 0.1) is 0 Å². The highest BCUT2D eigenvalue weighted by atomic mass is 16.5. The molecule has 4 nitrogen and oxygen atoms in total. The Bertz CT molecular complexity index is 249. The van der Waals surface area contributed by atoms with Crippen LogP contribution in [0.4, 0.5) is 0 Å². The van der Waals surface area contributed by atoms with Gasteiger partial charge in [-0.05, 0) is 33.2 Å². The topological polar surface area (TPSA) is 41.7 Å². The highest BCUT2D eigenvalue weighted by Gasteiger charge is 2.38. The zero-order valence-electron chi connectivity index (χ0n) is 11.3. The molecule has 0 aliphatic carbocycles. The van der Waals surface area contributed by atoms with Crippen molar-refractivity contribution in [2.75, 3.05) is 45.9 Å². The first kappa shape index (κ1) is 13.3. The zero-order chi connectivity index (χ0) is 12.3. The summed E-state index contributed by atoms with van der Waals surface area (Å²) in [4.78, 5) is 5.18. The smallest absolute Gasteiger partial charge is 0.0659 e. The molecule has 2 saturated heterocycles. The van der Waals surface area contributed by atoms with Crippen LogP contribution in [0.2, 0.25) is 0 Å². The average molecular weight is 241 g/mol. The minimum Gasteiger partial charge on any atom is -0.380 e. The van der Waals surface area contributed by atoms with Gasteiger partial charge in [0.05, 0.1) is 12.1 Å². The van der Waals surface area contributed by atoms with Gasteiger partial charge in [-0.2, -0.15) is 0 Å². The summed E-state index contributed by atoms with van der Waals surface area (Å²) in [5.41, 5.74) is 6.00. The van der Waals surface area contributed by atoms with Gasteiger partial charge in [0.15, 0.2) is 0 Å². The Balaban J connectivity index is 1.95. The van der Waals surface area contributed by atoms with Crippen LogP contribution in [-0.2, 0) is 4.74 Å². The van der Waals surface area contributed by atoms with Crippen LogP contribution in [-0.4, -0.2) is 67.3 Å². The van der Waals surface area contributed by atoms with E-state index in [9.17, 15) is 0 Å². The maximum absolute atomic E-state index is 5.98. The molecule has 2 aliphatic heterocycles. The van der Waals surface area contributed by atoms with Gasteiger partial charge in [-0.25, -0.2) is 0 Å². The van der Waals surface area contributed by atoms with Crippen LogP contribution in [0.3, 0.4) is 0 Å². The summed E-state index contributed by atoms with van der Waals surface area (Å²) < 4.78 is 5.62. The summed E-state index contributed by atoms with van der Waals surface area (Å²) in [5.74, 6) is 0. The molecule has 0 aromatic rings. The number of fused-ring (bicyclic) bond motifs is 1. The maximum Gasteiger partial charge on any atom is 0.0659 e. The fourth-order valence-electron chi connectivity index (χ4n) is 3.08. The van der Waals surface area contributed by atoms with Gasteiger partial charge in [0.2, 0.25) is 0 Å². The van der Waals surface area contributed by atoms with E-state index in [1.807, 2.05) is 6.92 Å². The van der Waals surface area contributed by atoms with Gasteiger partial charge in [-0.15, -0.1) is 0 Å². The van der Waals surface area contributed by atoms with E-state index < -0.39 is 0 Å². The van der Waals surface area contributed by atoms with Crippen LogP contribution >= 0.6 is 0 Å². The quantitative estimate of drug-likeness (QED) is 0.762. The molecule has 0 bridgehead atoms. The van der Waals surface area contributed by atoms with E-state index in [1.54, 1.807) is 0 Å². The highest BCUT2D eigenvalue weighted by Crippen LogP contribution is 2.26. The molecule has 2 atom stereocenters. The number of nitrogens with two attached hydrogens (primary N) is 1. The lowest BCUT2D eigenvalue weighted by Gasteiger charge is -2.47. The zero-order valence-corrected chi connectivity index (χ0v) is 11.3. The van der Waals surface area contributed by atoms with E-state index in [0.29, 0.717) is 6.54 Å². The molecule has 4 heteroatoms. The van der Waals surface area contributed by atoms with Crippen molar-refractivity contribution in [1.29, 1.82) is 0 Å². The predicted octanol–water partition coefficient (Wildman–Crippen LogP) is 0.520. The molecule has 2 heterocycles. The minimum absolute atomic E-state index is 0.0185. The Labute approximate surface area is 105 Å². The van der Waals surface area contributed by atoms with Gasteiger partial charge >= 0.3 is 0 Å². The van der Waals surface area contributed by atoms with Crippen molar-refractivity contribution in [3.8, 4) is 0 Å². The Kier molecular flexibility index (Phi) is 4.42. The summed E-state index contributed by atoms with van der Waals surface area (Å²) in [7, 11) is 0. The van der Waals surface area contributed by atoms with E-state index in [-0.39, 0.29) is 5.54 Å². The second-order valence-corrected chi connectivity index (χ2v) is 5.62. The molecule has 2 unspecified atom stereocenters. The van der Waals surface area contributed by atoms with Gasteiger partial charge < -0.3 is 10.5 Å². The van der Waals surface area contributed by atoms with E-state index in [1.165, 1.54) is 32.5 Å². The molecule has 0 saturated carbocycles. The van der Waals surface area contributed by atoms with Crippen LogP contribution in [0.5, 0.6) is 0 Å². The number of ether oxygens (including phenoxy) is 1. The summed E-state index contributed by atoms with van der Waals surface area (Å²) >= 11 is 0. The number of hydrogen-bond acceptors (Lipinski definition) is 4. The third-order valence-electron chi connectivity index (χ3n) is 4.41. The normalized spacial score (nSPS) is 30.2. The third-order valence-corrected chi connectivity index (χ3v) is 4.41.